The molecule has 2 aliphatic heterocycles. The quantitative estimate of drug-likeness (QED) is 0.826. The van der Waals surface area contributed by atoms with Crippen molar-refractivity contribution in [2.45, 2.75) is 55.9 Å². The third kappa shape index (κ3) is 3.37. The number of sulfone groups is 1. The highest BCUT2D eigenvalue weighted by Gasteiger charge is 2.29. The second-order valence-corrected chi connectivity index (χ2v) is 9.45. The number of aromatic nitrogens is 3. The Labute approximate surface area is 155 Å². The molecule has 0 spiro atoms. The van der Waals surface area contributed by atoms with Crippen molar-refractivity contribution in [3.05, 3.63) is 35.9 Å². The zero-order valence-electron chi connectivity index (χ0n) is 15.3. The summed E-state index contributed by atoms with van der Waals surface area (Å²) in [6, 6.07) is 7.33. The van der Waals surface area contributed by atoms with Gasteiger partial charge < -0.3 is 9.47 Å². The molecule has 3 heterocycles. The zero-order chi connectivity index (χ0) is 18.1. The normalized spacial score (nSPS) is 21.3. The van der Waals surface area contributed by atoms with E-state index in [1.165, 1.54) is 25.5 Å². The van der Waals surface area contributed by atoms with Gasteiger partial charge in [-0.15, -0.1) is 10.2 Å². The minimum absolute atomic E-state index is 0.302. The molecule has 0 bridgehead atoms. The van der Waals surface area contributed by atoms with Crippen molar-refractivity contribution in [3.8, 4) is 0 Å². The molecular formula is C19H26N4O2S. The van der Waals surface area contributed by atoms with E-state index in [2.05, 4.69) is 19.7 Å². The van der Waals surface area contributed by atoms with Crippen molar-refractivity contribution >= 4 is 15.5 Å². The van der Waals surface area contributed by atoms with Crippen LogP contribution in [0.1, 0.15) is 49.7 Å². The van der Waals surface area contributed by atoms with E-state index in [1.54, 1.807) is 12.1 Å². The van der Waals surface area contributed by atoms with E-state index in [0.717, 1.165) is 56.2 Å². The molecule has 1 aromatic heterocycles. The first-order chi connectivity index (χ1) is 12.5. The van der Waals surface area contributed by atoms with E-state index in [4.69, 9.17) is 0 Å². The molecule has 0 amide bonds. The number of nitrogens with zero attached hydrogens (tertiary/aromatic N) is 4. The Hall–Kier alpha value is -1.89. The van der Waals surface area contributed by atoms with Crippen molar-refractivity contribution < 1.29 is 8.42 Å². The third-order valence-electron chi connectivity index (χ3n) is 5.53. The number of para-hydroxylation sites is 1. The molecule has 1 fully saturated rings. The number of benzene rings is 1. The Morgan fingerprint density at radius 2 is 1.88 bits per heavy atom. The smallest absolute Gasteiger partial charge is 0.177 e. The van der Waals surface area contributed by atoms with Crippen LogP contribution >= 0.6 is 0 Å². The number of rotatable bonds is 3. The SMILES string of the molecule is CS(=O)(=O)c1ccccc1N1CCCC(c2nnc3n2CCCCC3)C1. The maximum atomic E-state index is 12.2. The van der Waals surface area contributed by atoms with Gasteiger partial charge in [0.15, 0.2) is 9.84 Å². The van der Waals surface area contributed by atoms with Gasteiger partial charge in [-0.05, 0) is 37.8 Å². The van der Waals surface area contributed by atoms with Crippen LogP contribution in [-0.2, 0) is 22.8 Å². The highest BCUT2D eigenvalue weighted by atomic mass is 32.2. The molecule has 0 saturated carbocycles. The molecule has 0 radical (unpaired) electrons. The number of piperidine rings is 1. The average molecular weight is 375 g/mol. The predicted octanol–water partition coefficient (Wildman–Crippen LogP) is 2.79. The van der Waals surface area contributed by atoms with Gasteiger partial charge in [0.2, 0.25) is 0 Å². The van der Waals surface area contributed by atoms with Crippen molar-refractivity contribution in [1.29, 1.82) is 0 Å². The van der Waals surface area contributed by atoms with Crippen LogP contribution in [0.2, 0.25) is 0 Å². The molecule has 1 aromatic carbocycles. The van der Waals surface area contributed by atoms with Crippen LogP contribution in [0.25, 0.3) is 0 Å². The van der Waals surface area contributed by atoms with Crippen LogP contribution in [0.5, 0.6) is 0 Å². The summed E-state index contributed by atoms with van der Waals surface area (Å²) in [5.41, 5.74) is 0.815. The summed E-state index contributed by atoms with van der Waals surface area (Å²) in [5.74, 6) is 2.50. The van der Waals surface area contributed by atoms with E-state index in [1.807, 2.05) is 12.1 Å². The van der Waals surface area contributed by atoms with Crippen LogP contribution in [0.4, 0.5) is 5.69 Å². The first-order valence-corrected chi connectivity index (χ1v) is 11.4. The van der Waals surface area contributed by atoms with Gasteiger partial charge in [0, 0.05) is 38.2 Å². The fourth-order valence-corrected chi connectivity index (χ4v) is 5.15. The first kappa shape index (κ1) is 17.5. The second kappa shape index (κ2) is 7.02. The fraction of sp³-hybridized carbons (Fsp3) is 0.579. The van der Waals surface area contributed by atoms with Crippen molar-refractivity contribution in [2.75, 3.05) is 24.2 Å². The van der Waals surface area contributed by atoms with Gasteiger partial charge in [-0.3, -0.25) is 0 Å². The summed E-state index contributed by atoms with van der Waals surface area (Å²) in [7, 11) is -3.25. The van der Waals surface area contributed by atoms with Crippen LogP contribution in [0.15, 0.2) is 29.2 Å². The number of anilines is 1. The molecule has 4 rings (SSSR count). The lowest BCUT2D eigenvalue weighted by Crippen LogP contribution is -2.36. The molecule has 7 heteroatoms. The predicted molar refractivity (Wildman–Crippen MR) is 101 cm³/mol. The van der Waals surface area contributed by atoms with Gasteiger partial charge in [0.1, 0.15) is 11.6 Å². The molecule has 1 unspecified atom stereocenters. The first-order valence-electron chi connectivity index (χ1n) is 9.50. The molecule has 26 heavy (non-hydrogen) atoms. The summed E-state index contributed by atoms with van der Waals surface area (Å²) in [4.78, 5) is 2.63. The third-order valence-corrected chi connectivity index (χ3v) is 6.67. The lowest BCUT2D eigenvalue weighted by molar-refractivity contribution is 0.464. The maximum absolute atomic E-state index is 12.2. The minimum atomic E-state index is -3.25. The molecule has 0 aliphatic carbocycles. The van der Waals surface area contributed by atoms with Gasteiger partial charge in [0.05, 0.1) is 10.6 Å². The lowest BCUT2D eigenvalue weighted by Gasteiger charge is -2.35. The van der Waals surface area contributed by atoms with Crippen LogP contribution in [-0.4, -0.2) is 42.5 Å². The van der Waals surface area contributed by atoms with E-state index in [-0.39, 0.29) is 0 Å². The monoisotopic (exact) mass is 374 g/mol. The van der Waals surface area contributed by atoms with E-state index in [0.29, 0.717) is 10.8 Å². The number of hydrogen-bond donors (Lipinski definition) is 0. The highest BCUT2D eigenvalue weighted by molar-refractivity contribution is 7.90. The summed E-state index contributed by atoms with van der Waals surface area (Å²) in [6.07, 6.45) is 8.04. The summed E-state index contributed by atoms with van der Waals surface area (Å²) < 4.78 is 26.7. The molecule has 0 N–H and O–H groups in total. The molecule has 1 atom stereocenters. The molecule has 6 nitrogen and oxygen atoms in total. The van der Waals surface area contributed by atoms with Crippen molar-refractivity contribution in [1.82, 2.24) is 14.8 Å². The Morgan fingerprint density at radius 1 is 1.04 bits per heavy atom. The zero-order valence-corrected chi connectivity index (χ0v) is 16.1. The van der Waals surface area contributed by atoms with Gasteiger partial charge in [0.25, 0.3) is 0 Å². The summed E-state index contributed by atoms with van der Waals surface area (Å²) >= 11 is 0. The van der Waals surface area contributed by atoms with E-state index in [9.17, 15) is 8.42 Å². The highest BCUT2D eigenvalue weighted by Crippen LogP contribution is 2.33. The van der Waals surface area contributed by atoms with Crippen LogP contribution < -0.4 is 4.90 Å². The summed E-state index contributed by atoms with van der Waals surface area (Å²) in [5, 5.41) is 8.98. The van der Waals surface area contributed by atoms with Gasteiger partial charge in [-0.2, -0.15) is 0 Å². The summed E-state index contributed by atoms with van der Waals surface area (Å²) in [6.45, 7) is 2.68. The van der Waals surface area contributed by atoms with Crippen molar-refractivity contribution in [3.63, 3.8) is 0 Å². The van der Waals surface area contributed by atoms with Crippen LogP contribution in [0.3, 0.4) is 0 Å². The van der Waals surface area contributed by atoms with E-state index >= 15 is 0 Å². The van der Waals surface area contributed by atoms with Gasteiger partial charge >= 0.3 is 0 Å². The second-order valence-electron chi connectivity index (χ2n) is 7.46. The van der Waals surface area contributed by atoms with E-state index < -0.39 is 9.84 Å². The fourth-order valence-electron chi connectivity index (χ4n) is 4.25. The number of fused-ring (bicyclic) bond motifs is 1. The Kier molecular flexibility index (Phi) is 4.73. The topological polar surface area (TPSA) is 68.1 Å². The average Bonchev–Trinajstić information content (AvgIpc) is 2.90. The van der Waals surface area contributed by atoms with Crippen LogP contribution in [0, 0.1) is 0 Å². The molecule has 2 aromatic rings. The Balaban J connectivity index is 1.63. The van der Waals surface area contributed by atoms with Gasteiger partial charge in [-0.1, -0.05) is 18.6 Å². The van der Waals surface area contributed by atoms with Gasteiger partial charge in [-0.25, -0.2) is 8.42 Å². The largest absolute Gasteiger partial charge is 0.370 e. The lowest BCUT2D eigenvalue weighted by atomic mass is 9.96. The number of aryl methyl sites for hydroxylation is 1. The van der Waals surface area contributed by atoms with Crippen molar-refractivity contribution in [2.24, 2.45) is 0 Å². The molecule has 2 aliphatic rings. The number of hydrogen-bond acceptors (Lipinski definition) is 5. The maximum Gasteiger partial charge on any atom is 0.177 e. The molecule has 1 saturated heterocycles. The minimum Gasteiger partial charge on any atom is -0.370 e. The Morgan fingerprint density at radius 3 is 2.73 bits per heavy atom. The molecule has 140 valence electrons. The standard InChI is InChI=1S/C19H26N4O2S/c1-26(24,25)17-10-5-4-9-16(17)22-12-7-8-15(14-22)19-21-20-18-11-3-2-6-13-23(18)19/h4-5,9-10,15H,2-3,6-8,11-14H2,1H3. The Bertz CT molecular complexity index is 891. The molecular weight excluding hydrogens is 348 g/mol.